The highest BCUT2D eigenvalue weighted by Crippen LogP contribution is 2.71. The Bertz CT molecular complexity index is 1690. The van der Waals surface area contributed by atoms with Gasteiger partial charge in [0, 0.05) is 31.1 Å². The van der Waals surface area contributed by atoms with Crippen LogP contribution in [0.25, 0.3) is 0 Å². The number of carbonyl (C=O) groups is 1. The molecular formula is C46H72O17. The van der Waals surface area contributed by atoms with E-state index in [0.29, 0.717) is 30.1 Å². The molecule has 17 heteroatoms. The Morgan fingerprint density at radius 3 is 2.14 bits per heavy atom. The average Bonchev–Trinajstić information content (AvgIpc) is 3.68. The molecule has 0 radical (unpaired) electrons. The molecule has 26 atom stereocenters. The summed E-state index contributed by atoms with van der Waals surface area (Å²) in [6.45, 7) is 13.9. The fraction of sp³-hybridized carbons (Fsp3) is 0.935. The Balaban J connectivity index is 1.02. The van der Waals surface area contributed by atoms with Gasteiger partial charge in [0.05, 0.1) is 43.7 Å². The Kier molecular flexibility index (Phi) is 12.8. The van der Waals surface area contributed by atoms with Crippen LogP contribution in [0.15, 0.2) is 11.6 Å². The zero-order valence-corrected chi connectivity index (χ0v) is 37.6. The van der Waals surface area contributed by atoms with E-state index in [9.17, 15) is 40.5 Å². The van der Waals surface area contributed by atoms with Crippen LogP contribution in [0.2, 0.25) is 0 Å². The number of rotatable bonds is 7. The largest absolute Gasteiger partial charge is 0.454 e. The molecule has 0 bridgehead atoms. The molecule has 358 valence electrons. The van der Waals surface area contributed by atoms with Crippen molar-refractivity contribution in [1.29, 1.82) is 0 Å². The van der Waals surface area contributed by atoms with Crippen molar-refractivity contribution < 1.29 is 83.2 Å². The third kappa shape index (κ3) is 7.78. The van der Waals surface area contributed by atoms with E-state index >= 15 is 0 Å². The van der Waals surface area contributed by atoms with E-state index in [0.717, 1.165) is 57.6 Å². The van der Waals surface area contributed by atoms with Crippen molar-refractivity contribution >= 4 is 5.97 Å². The highest BCUT2D eigenvalue weighted by atomic mass is 16.8. The van der Waals surface area contributed by atoms with Crippen LogP contribution in [0.5, 0.6) is 0 Å². The summed E-state index contributed by atoms with van der Waals surface area (Å²) < 4.78 is 57.1. The van der Waals surface area contributed by atoms with E-state index in [1.165, 1.54) is 6.92 Å². The van der Waals surface area contributed by atoms with Gasteiger partial charge < -0.3 is 78.4 Å². The van der Waals surface area contributed by atoms with Gasteiger partial charge in [-0.25, -0.2) is 0 Å². The highest BCUT2D eigenvalue weighted by molar-refractivity contribution is 5.66. The third-order valence-corrected chi connectivity index (χ3v) is 17.6. The number of carbonyl (C=O) groups excluding carboxylic acids is 1. The summed E-state index contributed by atoms with van der Waals surface area (Å²) >= 11 is 0. The van der Waals surface area contributed by atoms with Gasteiger partial charge in [-0.15, -0.1) is 0 Å². The molecule has 9 aliphatic rings. The van der Waals surface area contributed by atoms with Crippen LogP contribution in [-0.2, 0) is 47.4 Å². The lowest BCUT2D eigenvalue weighted by Gasteiger charge is -2.60. The number of ether oxygens (including phenoxy) is 9. The van der Waals surface area contributed by atoms with E-state index in [-0.39, 0.29) is 36.4 Å². The summed E-state index contributed by atoms with van der Waals surface area (Å²) in [5.41, 5.74) is 0.623. The zero-order chi connectivity index (χ0) is 45.1. The van der Waals surface area contributed by atoms with Gasteiger partial charge in [-0.2, -0.15) is 0 Å². The fourth-order valence-electron chi connectivity index (χ4n) is 14.1. The van der Waals surface area contributed by atoms with Crippen molar-refractivity contribution in [2.45, 2.75) is 210 Å². The van der Waals surface area contributed by atoms with E-state index in [1.54, 1.807) is 6.92 Å². The van der Waals surface area contributed by atoms with Crippen LogP contribution in [0.1, 0.15) is 99.8 Å². The van der Waals surface area contributed by atoms with Crippen LogP contribution < -0.4 is 0 Å². The van der Waals surface area contributed by atoms with Crippen molar-refractivity contribution in [3.8, 4) is 0 Å². The van der Waals surface area contributed by atoms with Gasteiger partial charge >= 0.3 is 5.97 Å². The lowest BCUT2D eigenvalue weighted by molar-refractivity contribution is -0.391. The van der Waals surface area contributed by atoms with Crippen LogP contribution in [0, 0.1) is 46.3 Å². The van der Waals surface area contributed by atoms with Crippen LogP contribution >= 0.6 is 0 Å². The number of hydrogen-bond acceptors (Lipinski definition) is 17. The minimum atomic E-state index is -1.72. The van der Waals surface area contributed by atoms with Crippen LogP contribution in [0.3, 0.4) is 0 Å². The Morgan fingerprint density at radius 1 is 0.746 bits per heavy atom. The van der Waals surface area contributed by atoms with E-state index < -0.39 is 115 Å². The first-order valence-corrected chi connectivity index (χ1v) is 23.6. The first kappa shape index (κ1) is 46.7. The molecule has 1 spiro atoms. The van der Waals surface area contributed by atoms with Gasteiger partial charge in [-0.05, 0) is 87.4 Å². The minimum absolute atomic E-state index is 0.0537. The van der Waals surface area contributed by atoms with E-state index in [2.05, 4.69) is 33.8 Å². The third-order valence-electron chi connectivity index (χ3n) is 17.6. The smallest absolute Gasteiger partial charge is 0.303 e. The standard InChI is InChI=1S/C46H72O17/c1-19-10-13-46(56-17-19)20(2)32-30(63-46)16-28-26-9-8-24-14-25(48)15-31(45(24,7)27(26)11-12-44(28,32)6)60-43-40(62-42-39(59-23(5)47)36(53)33(50)21(3)57-42)38(34(51)22(4)58-43)61-41-37(54)35(52)29(49)18-55-41/h8,19-22,25-43,48-54H,9-18H2,1-7H3. The molecule has 26 unspecified atom stereocenters. The molecule has 63 heavy (non-hydrogen) atoms. The topological polar surface area (TPSA) is 242 Å². The van der Waals surface area contributed by atoms with Gasteiger partial charge in [0.1, 0.15) is 48.8 Å². The molecule has 5 heterocycles. The van der Waals surface area contributed by atoms with Crippen molar-refractivity contribution in [3.63, 3.8) is 0 Å². The second kappa shape index (κ2) is 17.3. The van der Waals surface area contributed by atoms with Gasteiger partial charge in [-0.3, -0.25) is 4.79 Å². The number of hydrogen-bond donors (Lipinski definition) is 7. The molecular weight excluding hydrogens is 824 g/mol. The molecule has 3 saturated carbocycles. The molecule has 17 nitrogen and oxygen atoms in total. The van der Waals surface area contributed by atoms with E-state index in [1.807, 2.05) is 0 Å². The number of esters is 1. The average molecular weight is 897 g/mol. The normalized spacial score (nSPS) is 56.8. The zero-order valence-electron chi connectivity index (χ0n) is 37.6. The molecule has 9 rings (SSSR count). The summed E-state index contributed by atoms with van der Waals surface area (Å²) in [6, 6.07) is 0. The summed E-state index contributed by atoms with van der Waals surface area (Å²) in [5, 5.41) is 76.8. The number of allylic oxidation sites excluding steroid dienone is 1. The SMILES string of the molecule is CC(=O)OC1C(OC2C(OC3CC(O)CC4=CCC5C6CC7OC8(CCC(C)CO8)C(C)C7C6(C)CCC5C43C)OC(C)C(O)C2OC2OCC(O)C(O)C2O)OC(C)C(O)C1O. The summed E-state index contributed by atoms with van der Waals surface area (Å²) in [6.07, 6.45) is -12.3. The Labute approximate surface area is 369 Å². The second-order valence-corrected chi connectivity index (χ2v) is 21.3. The number of aliphatic hydroxyl groups excluding tert-OH is 7. The molecule has 0 aromatic carbocycles. The van der Waals surface area contributed by atoms with Gasteiger partial charge in [0.15, 0.2) is 30.8 Å². The molecule has 4 aliphatic carbocycles. The van der Waals surface area contributed by atoms with Gasteiger partial charge in [0.2, 0.25) is 0 Å². The molecule has 5 aliphatic heterocycles. The maximum Gasteiger partial charge on any atom is 0.303 e. The summed E-state index contributed by atoms with van der Waals surface area (Å²) in [5.74, 6) is 0.791. The van der Waals surface area contributed by atoms with Crippen LogP contribution in [-0.4, -0.2) is 165 Å². The Hall–Kier alpha value is -1.39. The molecule has 0 aromatic rings. The molecule has 0 aromatic heterocycles. The molecule has 7 N–H and O–H groups in total. The Morgan fingerprint density at radius 2 is 1.44 bits per heavy atom. The lowest BCUT2D eigenvalue weighted by Crippen LogP contribution is -2.66. The molecule has 5 saturated heterocycles. The first-order valence-electron chi connectivity index (χ1n) is 23.6. The predicted octanol–water partition coefficient (Wildman–Crippen LogP) is 1.42. The van der Waals surface area contributed by atoms with Crippen molar-refractivity contribution in [3.05, 3.63) is 11.6 Å². The number of fused-ring (bicyclic) bond motifs is 7. The predicted molar refractivity (Wildman–Crippen MR) is 218 cm³/mol. The van der Waals surface area contributed by atoms with Gasteiger partial charge in [-0.1, -0.05) is 39.3 Å². The lowest BCUT2D eigenvalue weighted by atomic mass is 9.46. The number of aliphatic hydroxyl groups is 7. The summed E-state index contributed by atoms with van der Waals surface area (Å²) in [7, 11) is 0. The van der Waals surface area contributed by atoms with E-state index in [4.69, 9.17) is 42.6 Å². The maximum atomic E-state index is 12.3. The molecule has 0 amide bonds. The fourth-order valence-corrected chi connectivity index (χ4v) is 14.1. The second-order valence-electron chi connectivity index (χ2n) is 21.3. The minimum Gasteiger partial charge on any atom is -0.454 e. The highest BCUT2D eigenvalue weighted by Gasteiger charge is 2.70. The summed E-state index contributed by atoms with van der Waals surface area (Å²) in [4.78, 5) is 12.3. The van der Waals surface area contributed by atoms with Crippen molar-refractivity contribution in [2.75, 3.05) is 13.2 Å². The van der Waals surface area contributed by atoms with Gasteiger partial charge in [0.25, 0.3) is 0 Å². The monoisotopic (exact) mass is 896 g/mol. The molecule has 8 fully saturated rings. The first-order chi connectivity index (χ1) is 29.8. The maximum absolute atomic E-state index is 12.3. The van der Waals surface area contributed by atoms with Crippen molar-refractivity contribution in [2.24, 2.45) is 46.3 Å². The van der Waals surface area contributed by atoms with Crippen LogP contribution in [0.4, 0.5) is 0 Å². The van der Waals surface area contributed by atoms with Crippen molar-refractivity contribution in [1.82, 2.24) is 0 Å². The quantitative estimate of drug-likeness (QED) is 0.141.